The zero-order valence-corrected chi connectivity index (χ0v) is 21.7. The highest BCUT2D eigenvalue weighted by atomic mass is 16.5. The fraction of sp³-hybridized carbons (Fsp3) is 0.538. The van der Waals surface area contributed by atoms with Crippen molar-refractivity contribution in [3.8, 4) is 11.4 Å². The number of ether oxygens (including phenoxy) is 1. The minimum atomic E-state index is -0.233. The third-order valence-corrected chi connectivity index (χ3v) is 6.54. The van der Waals surface area contributed by atoms with Gasteiger partial charge < -0.3 is 30.1 Å². The molecule has 10 nitrogen and oxygen atoms in total. The summed E-state index contributed by atoms with van der Waals surface area (Å²) in [5.41, 5.74) is 3.61. The van der Waals surface area contributed by atoms with E-state index < -0.39 is 0 Å². The van der Waals surface area contributed by atoms with Crippen LogP contribution >= 0.6 is 0 Å². The maximum atomic E-state index is 12.9. The van der Waals surface area contributed by atoms with Crippen LogP contribution in [0, 0.1) is 0 Å². The van der Waals surface area contributed by atoms with Gasteiger partial charge in [0.1, 0.15) is 5.82 Å². The molecule has 3 amide bonds. The molecule has 0 unspecified atom stereocenters. The van der Waals surface area contributed by atoms with Crippen LogP contribution < -0.4 is 15.5 Å². The zero-order valence-electron chi connectivity index (χ0n) is 21.7. The molecule has 194 valence electrons. The van der Waals surface area contributed by atoms with Crippen molar-refractivity contribution < 1.29 is 14.3 Å². The molecule has 2 aliphatic rings. The van der Waals surface area contributed by atoms with E-state index in [4.69, 9.17) is 14.7 Å². The van der Waals surface area contributed by atoms with Crippen molar-refractivity contribution in [2.45, 2.75) is 39.3 Å². The fourth-order valence-corrected chi connectivity index (χ4v) is 4.53. The van der Waals surface area contributed by atoms with E-state index in [1.165, 1.54) is 0 Å². The van der Waals surface area contributed by atoms with E-state index in [0.717, 1.165) is 35.7 Å². The highest BCUT2D eigenvalue weighted by Crippen LogP contribution is 2.32. The van der Waals surface area contributed by atoms with Crippen molar-refractivity contribution in [2.24, 2.45) is 0 Å². The van der Waals surface area contributed by atoms with Gasteiger partial charge in [-0.2, -0.15) is 0 Å². The lowest BCUT2D eigenvalue weighted by Gasteiger charge is -2.38. The summed E-state index contributed by atoms with van der Waals surface area (Å²) in [4.78, 5) is 40.9. The van der Waals surface area contributed by atoms with Crippen LogP contribution in [0.2, 0.25) is 0 Å². The number of nitrogens with one attached hydrogen (secondary N) is 2. The van der Waals surface area contributed by atoms with E-state index in [-0.39, 0.29) is 18.0 Å². The molecule has 2 N–H and O–H groups in total. The third kappa shape index (κ3) is 6.11. The predicted octanol–water partition coefficient (Wildman–Crippen LogP) is 2.35. The van der Waals surface area contributed by atoms with Gasteiger partial charge in [-0.25, -0.2) is 14.8 Å². The summed E-state index contributed by atoms with van der Waals surface area (Å²) in [6.45, 7) is 8.52. The lowest BCUT2D eigenvalue weighted by atomic mass is 10.0. The average molecular weight is 496 g/mol. The normalized spacial score (nSPS) is 17.6. The first-order valence-corrected chi connectivity index (χ1v) is 12.7. The van der Waals surface area contributed by atoms with Crippen molar-refractivity contribution in [1.29, 1.82) is 0 Å². The monoisotopic (exact) mass is 495 g/mol. The molecule has 0 bridgehead atoms. The number of anilines is 2. The molecule has 2 aliphatic heterocycles. The summed E-state index contributed by atoms with van der Waals surface area (Å²) in [7, 11) is 3.96. The quantitative estimate of drug-likeness (QED) is 0.608. The maximum absolute atomic E-state index is 12.9. The minimum Gasteiger partial charge on any atom is -0.377 e. The Balaban J connectivity index is 1.63. The zero-order chi connectivity index (χ0) is 25.7. The van der Waals surface area contributed by atoms with Gasteiger partial charge in [-0.1, -0.05) is 0 Å². The van der Waals surface area contributed by atoms with E-state index in [0.29, 0.717) is 57.2 Å². The average Bonchev–Trinajstić information content (AvgIpc) is 2.87. The van der Waals surface area contributed by atoms with Gasteiger partial charge in [0.2, 0.25) is 5.91 Å². The van der Waals surface area contributed by atoms with Crippen molar-refractivity contribution in [3.63, 3.8) is 0 Å². The number of benzene rings is 1. The van der Waals surface area contributed by atoms with Gasteiger partial charge in [-0.05, 0) is 52.2 Å². The Kier molecular flexibility index (Phi) is 8.37. The molecule has 0 spiro atoms. The Morgan fingerprint density at radius 3 is 2.64 bits per heavy atom. The molecule has 1 atom stereocenters. The molecule has 0 aliphatic carbocycles. The molecule has 3 heterocycles. The van der Waals surface area contributed by atoms with Crippen molar-refractivity contribution >= 4 is 23.4 Å². The number of amides is 3. The largest absolute Gasteiger partial charge is 0.377 e. The van der Waals surface area contributed by atoms with Gasteiger partial charge in [0.15, 0.2) is 5.82 Å². The topological polar surface area (TPSA) is 103 Å². The van der Waals surface area contributed by atoms with Crippen LogP contribution in [0.5, 0.6) is 0 Å². The summed E-state index contributed by atoms with van der Waals surface area (Å²) in [5.74, 6) is 1.70. The van der Waals surface area contributed by atoms with Crippen LogP contribution in [0.1, 0.15) is 31.5 Å². The van der Waals surface area contributed by atoms with Crippen molar-refractivity contribution in [2.75, 3.05) is 63.7 Å². The molecule has 36 heavy (non-hydrogen) atoms. The van der Waals surface area contributed by atoms with Gasteiger partial charge in [0, 0.05) is 55.8 Å². The number of morpholine rings is 1. The third-order valence-electron chi connectivity index (χ3n) is 6.54. The first kappa shape index (κ1) is 25.8. The first-order valence-electron chi connectivity index (χ1n) is 12.7. The Morgan fingerprint density at radius 1 is 1.17 bits per heavy atom. The van der Waals surface area contributed by atoms with Gasteiger partial charge in [-0.3, -0.25) is 4.79 Å². The van der Waals surface area contributed by atoms with E-state index in [9.17, 15) is 9.59 Å². The molecular weight excluding hydrogens is 458 g/mol. The number of hydrogen-bond donors (Lipinski definition) is 2. The highest BCUT2D eigenvalue weighted by molar-refractivity contribution is 5.89. The Labute approximate surface area is 213 Å². The molecule has 0 radical (unpaired) electrons. The van der Waals surface area contributed by atoms with Crippen LogP contribution in [-0.2, 0) is 22.5 Å². The first-order chi connectivity index (χ1) is 17.4. The second kappa shape index (κ2) is 11.7. The van der Waals surface area contributed by atoms with Crippen molar-refractivity contribution in [3.05, 3.63) is 35.5 Å². The van der Waals surface area contributed by atoms with E-state index in [2.05, 4.69) is 22.5 Å². The smallest absolute Gasteiger partial charge is 0.319 e. The van der Waals surface area contributed by atoms with E-state index in [1.54, 1.807) is 0 Å². The number of fused-ring (bicyclic) bond motifs is 1. The molecule has 4 rings (SSSR count). The number of hydrogen-bond acceptors (Lipinski definition) is 7. The van der Waals surface area contributed by atoms with Crippen LogP contribution in [0.15, 0.2) is 24.3 Å². The van der Waals surface area contributed by atoms with Gasteiger partial charge in [-0.15, -0.1) is 0 Å². The molecule has 1 saturated heterocycles. The summed E-state index contributed by atoms with van der Waals surface area (Å²) < 4.78 is 5.67. The Hall–Kier alpha value is -3.24. The van der Waals surface area contributed by atoms with Gasteiger partial charge in [0.25, 0.3) is 0 Å². The maximum Gasteiger partial charge on any atom is 0.319 e. The van der Waals surface area contributed by atoms with E-state index in [1.807, 2.05) is 55.1 Å². The van der Waals surface area contributed by atoms with Crippen molar-refractivity contribution in [1.82, 2.24) is 25.1 Å². The van der Waals surface area contributed by atoms with Crippen LogP contribution in [0.4, 0.5) is 16.3 Å². The fourth-order valence-electron chi connectivity index (χ4n) is 4.53. The molecule has 1 aromatic carbocycles. The molecule has 0 saturated carbocycles. The number of rotatable bonds is 7. The summed E-state index contributed by atoms with van der Waals surface area (Å²) >= 11 is 0. The highest BCUT2D eigenvalue weighted by Gasteiger charge is 2.30. The SMILES string of the molecule is CCNC(=O)Nc1ccc(-c2nc3c(c(N4CCOC[C@@H]4C)n2)CN(C(=O)CCN(C)C)CC3)cc1. The molecule has 2 aromatic rings. The summed E-state index contributed by atoms with van der Waals surface area (Å²) in [6, 6.07) is 7.51. The molecule has 10 heteroatoms. The summed E-state index contributed by atoms with van der Waals surface area (Å²) in [5, 5.41) is 5.55. The lowest BCUT2D eigenvalue weighted by molar-refractivity contribution is -0.132. The minimum absolute atomic E-state index is 0.162. The molecule has 1 fully saturated rings. The number of carbonyl (C=O) groups is 2. The van der Waals surface area contributed by atoms with E-state index >= 15 is 0 Å². The number of aromatic nitrogens is 2. The van der Waals surface area contributed by atoms with Gasteiger partial charge >= 0.3 is 6.03 Å². The van der Waals surface area contributed by atoms with Crippen LogP contribution in [-0.4, -0.2) is 91.2 Å². The molecular formula is C26H37N7O3. The van der Waals surface area contributed by atoms with Crippen LogP contribution in [0.3, 0.4) is 0 Å². The number of carbonyl (C=O) groups excluding carboxylic acids is 2. The summed E-state index contributed by atoms with van der Waals surface area (Å²) in [6.07, 6.45) is 1.20. The van der Waals surface area contributed by atoms with Gasteiger partial charge in [0.05, 0.1) is 31.5 Å². The number of urea groups is 1. The number of nitrogens with zero attached hydrogens (tertiary/aromatic N) is 5. The van der Waals surface area contributed by atoms with Crippen LogP contribution in [0.25, 0.3) is 11.4 Å². The molecule has 1 aromatic heterocycles. The second-order valence-corrected chi connectivity index (χ2v) is 9.59. The lowest BCUT2D eigenvalue weighted by Crippen LogP contribution is -2.46. The second-order valence-electron chi connectivity index (χ2n) is 9.59. The predicted molar refractivity (Wildman–Crippen MR) is 140 cm³/mol. The Bertz CT molecular complexity index is 1070. The Morgan fingerprint density at radius 2 is 1.94 bits per heavy atom. The standard InChI is InChI=1S/C26H37N7O3/c1-5-27-26(35)28-20-8-6-19(7-9-20)24-29-22-10-13-32(23(34)11-12-31(3)4)16-21(22)25(30-24)33-14-15-36-17-18(33)2/h6-9,18H,5,10-17H2,1-4H3,(H2,27,28,35)/t18-/m0/s1.